The van der Waals surface area contributed by atoms with E-state index in [0.29, 0.717) is 23.0 Å². The predicted octanol–water partition coefficient (Wildman–Crippen LogP) is 3.72. The average molecular weight is 414 g/mol. The first-order chi connectivity index (χ1) is 14.6. The number of nitrogens with zero attached hydrogens (tertiary/aromatic N) is 1. The molecule has 0 amide bonds. The molecule has 1 atom stereocenters. The van der Waals surface area contributed by atoms with Gasteiger partial charge in [-0.05, 0) is 66.4 Å². The van der Waals surface area contributed by atoms with Crippen molar-refractivity contribution in [3.8, 4) is 23.0 Å². The van der Waals surface area contributed by atoms with Crippen LogP contribution in [0, 0.1) is 0 Å². The minimum absolute atomic E-state index is 0.176. The van der Waals surface area contributed by atoms with Gasteiger partial charge in [-0.15, -0.1) is 0 Å². The van der Waals surface area contributed by atoms with Gasteiger partial charge in [0.25, 0.3) is 0 Å². The summed E-state index contributed by atoms with van der Waals surface area (Å²) < 4.78 is 21.7. The highest BCUT2D eigenvalue weighted by Crippen LogP contribution is 2.34. The Kier molecular flexibility index (Phi) is 7.60. The van der Waals surface area contributed by atoms with Crippen molar-refractivity contribution in [2.45, 2.75) is 18.9 Å². The quantitative estimate of drug-likeness (QED) is 0.633. The highest BCUT2D eigenvalue weighted by molar-refractivity contribution is 5.84. The Morgan fingerprint density at radius 1 is 0.933 bits per heavy atom. The molecule has 0 spiro atoms. The molecule has 1 aliphatic heterocycles. The Morgan fingerprint density at radius 2 is 1.57 bits per heavy atom. The van der Waals surface area contributed by atoms with Crippen LogP contribution in [-0.2, 0) is 0 Å². The van der Waals surface area contributed by atoms with Gasteiger partial charge < -0.3 is 24.1 Å². The summed E-state index contributed by atoms with van der Waals surface area (Å²) in [4.78, 5) is 2.34. The Labute approximate surface area is 178 Å². The molecule has 3 rings (SSSR count). The van der Waals surface area contributed by atoms with Crippen LogP contribution < -0.4 is 18.9 Å². The normalized spacial score (nSPS) is 17.1. The van der Waals surface area contributed by atoms with E-state index < -0.39 is 0 Å². The van der Waals surface area contributed by atoms with Crippen molar-refractivity contribution in [2.75, 3.05) is 48.1 Å². The number of rotatable bonds is 9. The number of hydrogen-bond donors (Lipinski definition) is 1. The maximum atomic E-state index is 9.76. The van der Waals surface area contributed by atoms with Crippen molar-refractivity contribution in [1.29, 1.82) is 0 Å². The van der Waals surface area contributed by atoms with Crippen LogP contribution in [0.5, 0.6) is 23.0 Å². The molecule has 30 heavy (non-hydrogen) atoms. The van der Waals surface area contributed by atoms with E-state index in [1.807, 2.05) is 36.4 Å². The summed E-state index contributed by atoms with van der Waals surface area (Å²) in [7, 11) is 6.54. The van der Waals surface area contributed by atoms with Gasteiger partial charge >= 0.3 is 0 Å². The fourth-order valence-corrected chi connectivity index (χ4v) is 3.93. The van der Waals surface area contributed by atoms with Crippen LogP contribution in [0.15, 0.2) is 36.4 Å². The van der Waals surface area contributed by atoms with Gasteiger partial charge in [-0.1, -0.05) is 12.1 Å². The van der Waals surface area contributed by atoms with E-state index in [-0.39, 0.29) is 12.6 Å². The summed E-state index contributed by atoms with van der Waals surface area (Å²) in [6.45, 7) is 1.88. The molecule has 1 aliphatic rings. The van der Waals surface area contributed by atoms with Crippen molar-refractivity contribution in [2.24, 2.45) is 0 Å². The second-order valence-corrected chi connectivity index (χ2v) is 7.30. The molecule has 0 bridgehead atoms. The Morgan fingerprint density at radius 3 is 2.20 bits per heavy atom. The van der Waals surface area contributed by atoms with Crippen molar-refractivity contribution in [3.05, 3.63) is 47.5 Å². The minimum Gasteiger partial charge on any atom is -0.493 e. The summed E-state index contributed by atoms with van der Waals surface area (Å²) in [5, 5.41) is 9.76. The van der Waals surface area contributed by atoms with Crippen LogP contribution in [0.25, 0.3) is 11.6 Å². The Balaban J connectivity index is 2.02. The van der Waals surface area contributed by atoms with Crippen LogP contribution in [0.1, 0.15) is 24.0 Å². The predicted molar refractivity (Wildman–Crippen MR) is 119 cm³/mol. The number of aliphatic hydroxyl groups is 1. The molecule has 1 fully saturated rings. The first-order valence-corrected chi connectivity index (χ1v) is 10.1. The molecular weight excluding hydrogens is 382 g/mol. The third-order valence-electron chi connectivity index (χ3n) is 5.59. The van der Waals surface area contributed by atoms with Crippen molar-refractivity contribution >= 4 is 11.6 Å². The van der Waals surface area contributed by atoms with E-state index in [0.717, 1.165) is 42.6 Å². The molecule has 1 N–H and O–H groups in total. The highest BCUT2D eigenvalue weighted by Gasteiger charge is 2.25. The molecule has 0 aromatic heterocycles. The maximum absolute atomic E-state index is 9.76. The molecule has 0 saturated carbocycles. The molecule has 162 valence electrons. The summed E-state index contributed by atoms with van der Waals surface area (Å²) >= 11 is 0. The molecule has 0 unspecified atom stereocenters. The smallest absolute Gasteiger partial charge is 0.161 e. The van der Waals surface area contributed by atoms with E-state index in [9.17, 15) is 5.11 Å². The van der Waals surface area contributed by atoms with Crippen LogP contribution in [0.2, 0.25) is 0 Å². The fraction of sp³-hybridized carbons (Fsp3) is 0.417. The Hall–Kier alpha value is -2.70. The van der Waals surface area contributed by atoms with Crippen LogP contribution in [0.4, 0.5) is 0 Å². The number of benzene rings is 2. The van der Waals surface area contributed by atoms with Crippen LogP contribution in [-0.4, -0.2) is 64.2 Å². The third-order valence-corrected chi connectivity index (χ3v) is 5.59. The van der Waals surface area contributed by atoms with Crippen molar-refractivity contribution < 1.29 is 24.1 Å². The lowest BCUT2D eigenvalue weighted by atomic mass is 10.0. The number of aliphatic hydroxyl groups excluding tert-OH is 1. The van der Waals surface area contributed by atoms with E-state index >= 15 is 0 Å². The SMILES string of the molecule is COc1ccc(/C=C(/CN2CCC[C@H]2CO)c2ccc(OC)c(OC)c2)cc1OC. The van der Waals surface area contributed by atoms with Crippen molar-refractivity contribution in [3.63, 3.8) is 0 Å². The standard InChI is InChI=1S/C24H31NO5/c1-27-21-9-7-17(13-23(21)29-3)12-19(15-25-11-5-6-20(25)16-26)18-8-10-22(28-2)24(14-18)30-4/h7-10,12-14,20,26H,5-6,11,15-16H2,1-4H3/b19-12-/t20-/m0/s1. The fourth-order valence-electron chi connectivity index (χ4n) is 3.93. The molecule has 0 aliphatic carbocycles. The van der Waals surface area contributed by atoms with Gasteiger partial charge in [-0.2, -0.15) is 0 Å². The van der Waals surface area contributed by atoms with Gasteiger partial charge in [-0.25, -0.2) is 0 Å². The van der Waals surface area contributed by atoms with Gasteiger partial charge in [0.1, 0.15) is 0 Å². The molecular formula is C24H31NO5. The zero-order chi connectivity index (χ0) is 21.5. The van der Waals surface area contributed by atoms with Crippen LogP contribution in [0.3, 0.4) is 0 Å². The lowest BCUT2D eigenvalue weighted by molar-refractivity contribution is 0.172. The van der Waals surface area contributed by atoms with E-state index in [4.69, 9.17) is 18.9 Å². The molecule has 6 heteroatoms. The Bertz CT molecular complexity index is 880. The summed E-state index contributed by atoms with van der Waals surface area (Å²) in [5.74, 6) is 2.77. The summed E-state index contributed by atoms with van der Waals surface area (Å²) in [6, 6.07) is 12.0. The molecule has 2 aromatic carbocycles. The first kappa shape index (κ1) is 22.0. The number of hydrogen-bond acceptors (Lipinski definition) is 6. The van der Waals surface area contributed by atoms with Gasteiger partial charge in [0.2, 0.25) is 0 Å². The van der Waals surface area contributed by atoms with Gasteiger partial charge in [-0.3, -0.25) is 4.90 Å². The van der Waals surface area contributed by atoms with Gasteiger partial charge in [0, 0.05) is 12.6 Å². The first-order valence-electron chi connectivity index (χ1n) is 10.1. The number of ether oxygens (including phenoxy) is 4. The summed E-state index contributed by atoms with van der Waals surface area (Å²) in [6.07, 6.45) is 4.27. The molecule has 2 aromatic rings. The van der Waals surface area contributed by atoms with E-state index in [1.54, 1.807) is 28.4 Å². The largest absolute Gasteiger partial charge is 0.493 e. The topological polar surface area (TPSA) is 60.4 Å². The van der Waals surface area contributed by atoms with Crippen molar-refractivity contribution in [1.82, 2.24) is 4.90 Å². The summed E-state index contributed by atoms with van der Waals surface area (Å²) in [5.41, 5.74) is 3.19. The highest BCUT2D eigenvalue weighted by atomic mass is 16.5. The van der Waals surface area contributed by atoms with Gasteiger partial charge in [0.15, 0.2) is 23.0 Å². The minimum atomic E-state index is 0.176. The number of methoxy groups -OCH3 is 4. The van der Waals surface area contributed by atoms with E-state index in [2.05, 4.69) is 11.0 Å². The zero-order valence-electron chi connectivity index (χ0n) is 18.2. The molecule has 0 radical (unpaired) electrons. The lowest BCUT2D eigenvalue weighted by Gasteiger charge is -2.25. The monoisotopic (exact) mass is 413 g/mol. The number of likely N-dealkylation sites (tertiary alicyclic amines) is 1. The third kappa shape index (κ3) is 4.89. The molecule has 6 nitrogen and oxygen atoms in total. The van der Waals surface area contributed by atoms with Gasteiger partial charge in [0.05, 0.1) is 35.0 Å². The lowest BCUT2D eigenvalue weighted by Crippen LogP contribution is -2.33. The molecule has 1 heterocycles. The second kappa shape index (κ2) is 10.4. The van der Waals surface area contributed by atoms with E-state index in [1.165, 1.54) is 0 Å². The average Bonchev–Trinajstić information content (AvgIpc) is 3.25. The molecule has 1 saturated heterocycles. The maximum Gasteiger partial charge on any atom is 0.161 e. The zero-order valence-corrected chi connectivity index (χ0v) is 18.2. The van der Waals surface area contributed by atoms with Crippen LogP contribution >= 0.6 is 0 Å². The second-order valence-electron chi connectivity index (χ2n) is 7.30.